The van der Waals surface area contributed by atoms with Crippen LogP contribution in [0.3, 0.4) is 0 Å². The number of rotatable bonds is 7. The van der Waals surface area contributed by atoms with Crippen molar-refractivity contribution >= 4 is 51.3 Å². The maximum Gasteiger partial charge on any atom is 0.320 e. The number of aromatic hydroxyl groups is 2. The Kier molecular flexibility index (Phi) is 18.6. The number of carbonyl (C=O) groups excluding carboxylic acids is 2. The Hall–Kier alpha value is -6.03. The standard InChI is InChI=1S/C20H16ClNO3.C14H17NO4.C10H11NO2.C9H16N2.C4H7BrO2/c21-17-7-4-14(5-8-17)1-2-15-3-6-16-10-20(25-18(16)9-15)12-22(13-20)11-19(23)24;1-2-18-13(17)7-15-8-14(9-15)6-10-3-4-11(16)5-12(10)19-14;12-8-2-1-7-4-10(5-11-6-10)13-9(7)3-8;1-2-5-9-10-6-4-8-11(9)7-3-1;1-2-7-4(6)3-5/h3-9H,10-13H2,(H,23,24);3-5,16H,2,6-9H2,1H3;1-3,11-12H,4-6H2;1-8H2;2-3H2,1H3. The van der Waals surface area contributed by atoms with Gasteiger partial charge in [0.1, 0.15) is 50.9 Å². The molecular weight excluding hydrogens is 1050 g/mol. The van der Waals surface area contributed by atoms with Gasteiger partial charge in [-0.2, -0.15) is 0 Å². The molecule has 0 radical (unpaired) electrons. The molecule has 4 saturated heterocycles. The monoisotopic (exact) mass is 1110 g/mol. The van der Waals surface area contributed by atoms with E-state index < -0.39 is 5.97 Å². The highest BCUT2D eigenvalue weighted by Gasteiger charge is 2.51. The quantitative estimate of drug-likeness (QED) is 0.0837. The summed E-state index contributed by atoms with van der Waals surface area (Å²) >= 11 is 8.82. The van der Waals surface area contributed by atoms with Crippen molar-refractivity contribution in [1.29, 1.82) is 0 Å². The Labute approximate surface area is 452 Å². The van der Waals surface area contributed by atoms with E-state index in [9.17, 15) is 24.6 Å². The first-order valence-electron chi connectivity index (χ1n) is 25.8. The molecule has 12 rings (SSSR count). The fourth-order valence-electron chi connectivity index (χ4n) is 10.4. The Morgan fingerprint density at radius 3 is 1.76 bits per heavy atom. The van der Waals surface area contributed by atoms with Gasteiger partial charge < -0.3 is 49.2 Å². The molecule has 16 nitrogen and oxygen atoms in total. The fourth-order valence-corrected chi connectivity index (χ4v) is 10.7. The SMILES string of the molecule is C1CCC2=NCCCN2CC1.CCOC(=O)CBr.CCOC(=O)CN1CC2(Cc3ccc(O)cc3O2)C1.O=C(O)CN1CC2(Cc3ccc(C#Cc4ccc(Cl)cc4)cc3O2)C1.Oc1ccc2c(c1)OC1(CNC1)C2. The molecule has 8 heterocycles. The average molecular weight is 1110 g/mol. The van der Waals surface area contributed by atoms with Crippen LogP contribution in [0.25, 0.3) is 0 Å². The maximum absolute atomic E-state index is 11.4. The van der Waals surface area contributed by atoms with E-state index in [1.807, 2.05) is 58.3 Å². The van der Waals surface area contributed by atoms with Crippen molar-refractivity contribution in [3.63, 3.8) is 0 Å². The van der Waals surface area contributed by atoms with Crippen LogP contribution in [0.1, 0.15) is 73.8 Å². The number of alkyl halides is 1. The van der Waals surface area contributed by atoms with Gasteiger partial charge in [0.05, 0.1) is 32.1 Å². The molecule has 0 aliphatic carbocycles. The van der Waals surface area contributed by atoms with Gasteiger partial charge in [-0.25, -0.2) is 0 Å². The van der Waals surface area contributed by atoms with Crippen LogP contribution in [0.2, 0.25) is 5.02 Å². The minimum absolute atomic E-state index is 0.00384. The lowest BCUT2D eigenvalue weighted by molar-refractivity contribution is -0.150. The van der Waals surface area contributed by atoms with Gasteiger partial charge >= 0.3 is 17.9 Å². The molecule has 0 saturated carbocycles. The van der Waals surface area contributed by atoms with E-state index in [1.54, 1.807) is 38.1 Å². The Bertz CT molecular complexity index is 2750. The molecule has 0 unspecified atom stereocenters. The molecule has 4 N–H and O–H groups in total. The number of benzene rings is 4. The van der Waals surface area contributed by atoms with Gasteiger partial charge in [-0.05, 0) is 98.3 Å². The lowest BCUT2D eigenvalue weighted by Crippen LogP contribution is -2.65. The predicted octanol–water partition coefficient (Wildman–Crippen LogP) is 7.04. The number of aliphatic carboxylic acids is 1. The predicted molar refractivity (Wildman–Crippen MR) is 289 cm³/mol. The lowest BCUT2D eigenvalue weighted by atomic mass is 9.89. The molecule has 400 valence electrons. The second kappa shape index (κ2) is 25.2. The number of halogens is 2. The summed E-state index contributed by atoms with van der Waals surface area (Å²) in [6.07, 6.45) is 9.26. The number of carboxylic acids is 1. The van der Waals surface area contributed by atoms with Crippen LogP contribution in [0.4, 0.5) is 0 Å². The summed E-state index contributed by atoms with van der Waals surface area (Å²) in [5, 5.41) is 31.7. The maximum atomic E-state index is 11.4. The number of fused-ring (bicyclic) bond motifs is 4. The number of hydrogen-bond acceptors (Lipinski definition) is 15. The largest absolute Gasteiger partial charge is 0.508 e. The molecule has 4 fully saturated rings. The van der Waals surface area contributed by atoms with E-state index in [1.165, 1.54) is 56.6 Å². The second-order valence-electron chi connectivity index (χ2n) is 20.0. The second-order valence-corrected chi connectivity index (χ2v) is 21.0. The van der Waals surface area contributed by atoms with Crippen molar-refractivity contribution in [2.45, 2.75) is 82.0 Å². The third-order valence-electron chi connectivity index (χ3n) is 13.8. The number of nitrogens with zero attached hydrogens (tertiary/aromatic N) is 4. The molecule has 4 aromatic rings. The highest BCUT2D eigenvalue weighted by atomic mass is 79.9. The van der Waals surface area contributed by atoms with Crippen molar-refractivity contribution in [3.05, 3.63) is 112 Å². The number of phenolic OH excluding ortho intramolecular Hbond substituents is 2. The normalized spacial score (nSPS) is 19.0. The Balaban J connectivity index is 0.000000132. The number of nitrogens with one attached hydrogen (secondary N) is 1. The Morgan fingerprint density at radius 2 is 1.20 bits per heavy atom. The average Bonchev–Trinajstić information content (AvgIpc) is 4.02. The van der Waals surface area contributed by atoms with E-state index in [0.717, 1.165) is 91.5 Å². The summed E-state index contributed by atoms with van der Waals surface area (Å²) in [7, 11) is 0. The third kappa shape index (κ3) is 14.9. The van der Waals surface area contributed by atoms with E-state index >= 15 is 0 Å². The van der Waals surface area contributed by atoms with E-state index in [-0.39, 0.29) is 46.8 Å². The van der Waals surface area contributed by atoms with Crippen molar-refractivity contribution in [2.75, 3.05) is 90.5 Å². The van der Waals surface area contributed by atoms with Crippen LogP contribution < -0.4 is 19.5 Å². The number of carboxylic acid groups (broad SMARTS) is 1. The molecule has 0 aromatic heterocycles. The van der Waals surface area contributed by atoms with E-state index in [2.05, 4.69) is 53.8 Å². The van der Waals surface area contributed by atoms with Crippen molar-refractivity contribution in [3.8, 4) is 40.6 Å². The number of carbonyl (C=O) groups is 3. The zero-order valence-electron chi connectivity index (χ0n) is 42.7. The summed E-state index contributed by atoms with van der Waals surface area (Å²) in [6, 6.07) is 24.0. The fraction of sp³-hybridized carbons (Fsp3) is 0.474. The number of phenols is 2. The minimum Gasteiger partial charge on any atom is -0.508 e. The summed E-state index contributed by atoms with van der Waals surface area (Å²) < 4.78 is 27.3. The number of likely N-dealkylation sites (tertiary alicyclic amines) is 2. The van der Waals surface area contributed by atoms with Crippen LogP contribution in [-0.2, 0) is 43.1 Å². The molecule has 8 aliphatic heterocycles. The van der Waals surface area contributed by atoms with Crippen molar-refractivity contribution in [1.82, 2.24) is 20.0 Å². The summed E-state index contributed by atoms with van der Waals surface area (Å²) in [5.41, 5.74) is 4.80. The van der Waals surface area contributed by atoms with Crippen LogP contribution in [0.15, 0.2) is 83.9 Å². The molecular formula is C57H67BrClN5O11. The van der Waals surface area contributed by atoms with Gasteiger partial charge in [-0.3, -0.25) is 29.2 Å². The van der Waals surface area contributed by atoms with Crippen LogP contribution >= 0.6 is 27.5 Å². The summed E-state index contributed by atoms with van der Waals surface area (Å²) in [4.78, 5) is 43.2. The van der Waals surface area contributed by atoms with Crippen molar-refractivity contribution < 1.29 is 53.4 Å². The third-order valence-corrected chi connectivity index (χ3v) is 14.5. The summed E-state index contributed by atoms with van der Waals surface area (Å²) in [5.74, 6) is 9.44. The first kappa shape index (κ1) is 55.2. The van der Waals surface area contributed by atoms with Gasteiger partial charge in [-0.15, -0.1) is 0 Å². The molecule has 0 atom stereocenters. The van der Waals surface area contributed by atoms with E-state index in [0.29, 0.717) is 43.2 Å². The first-order chi connectivity index (χ1) is 36.2. The van der Waals surface area contributed by atoms with Crippen LogP contribution in [-0.4, -0.2) is 161 Å². The topological polar surface area (TPSA) is 192 Å². The highest BCUT2D eigenvalue weighted by molar-refractivity contribution is 9.09. The van der Waals surface area contributed by atoms with Crippen molar-refractivity contribution in [2.24, 2.45) is 4.99 Å². The van der Waals surface area contributed by atoms with Gasteiger partial charge in [-0.1, -0.05) is 64.0 Å². The highest BCUT2D eigenvalue weighted by Crippen LogP contribution is 2.43. The minimum atomic E-state index is -0.801. The number of aliphatic imine (C=N–C) groups is 1. The van der Waals surface area contributed by atoms with Gasteiger partial charge in [0, 0.05) is 113 Å². The lowest BCUT2D eigenvalue weighted by Gasteiger charge is -2.46. The first-order valence-corrected chi connectivity index (χ1v) is 27.3. The van der Waals surface area contributed by atoms with Crippen LogP contribution in [0.5, 0.6) is 28.7 Å². The molecule has 0 bridgehead atoms. The number of ether oxygens (including phenoxy) is 5. The molecule has 18 heteroatoms. The van der Waals surface area contributed by atoms with Gasteiger partial charge in [0.2, 0.25) is 0 Å². The van der Waals surface area contributed by atoms with Crippen LogP contribution in [0, 0.1) is 11.8 Å². The molecule has 75 heavy (non-hydrogen) atoms. The number of amidine groups is 1. The zero-order chi connectivity index (χ0) is 53.0. The zero-order valence-corrected chi connectivity index (χ0v) is 45.1. The van der Waals surface area contributed by atoms with Gasteiger partial charge in [0.25, 0.3) is 0 Å². The number of hydrogen-bond donors (Lipinski definition) is 4. The molecule has 3 spiro atoms. The molecule has 4 aromatic carbocycles. The smallest absolute Gasteiger partial charge is 0.320 e. The number of esters is 2. The summed E-state index contributed by atoms with van der Waals surface area (Å²) in [6.45, 7) is 13.0. The van der Waals surface area contributed by atoms with Gasteiger partial charge in [0.15, 0.2) is 0 Å². The van der Waals surface area contributed by atoms with E-state index in [4.69, 9.17) is 35.7 Å². The Morgan fingerprint density at radius 1 is 0.680 bits per heavy atom. The molecule has 8 aliphatic rings. The molecule has 0 amide bonds.